The van der Waals surface area contributed by atoms with Gasteiger partial charge in [0, 0.05) is 24.2 Å². The molecule has 1 aliphatic rings. The monoisotopic (exact) mass is 453 g/mol. The number of hydrogen-bond donors (Lipinski definition) is 1. The average molecular weight is 454 g/mol. The maximum absolute atomic E-state index is 12.9. The molecule has 1 unspecified atom stereocenters. The lowest BCUT2D eigenvalue weighted by atomic mass is 10.1. The molecule has 1 heterocycles. The summed E-state index contributed by atoms with van der Waals surface area (Å²) in [5.74, 6) is 0.364. The van der Waals surface area contributed by atoms with Crippen molar-refractivity contribution >= 4 is 45.9 Å². The average Bonchev–Trinajstić information content (AvgIpc) is 3.04. The molecule has 2 aromatic rings. The van der Waals surface area contributed by atoms with Crippen molar-refractivity contribution in [1.82, 2.24) is 4.90 Å². The molecule has 3 rings (SSSR count). The minimum atomic E-state index is -0.528. The lowest BCUT2D eigenvalue weighted by molar-refractivity contribution is -0.128. The number of nitrogens with one attached hydrogen (secondary N) is 1. The van der Waals surface area contributed by atoms with Crippen molar-refractivity contribution in [3.05, 3.63) is 54.1 Å². The first-order valence-electron chi connectivity index (χ1n) is 10.6. The smallest absolute Gasteiger partial charge is 0.242 e. The van der Waals surface area contributed by atoms with Crippen molar-refractivity contribution in [2.24, 2.45) is 4.99 Å². The molecule has 0 aromatic heterocycles. The normalized spacial score (nSPS) is 17.0. The van der Waals surface area contributed by atoms with Gasteiger partial charge in [0.1, 0.15) is 11.0 Å². The van der Waals surface area contributed by atoms with Gasteiger partial charge in [-0.05, 0) is 68.8 Å². The number of ether oxygens (including phenoxy) is 1. The van der Waals surface area contributed by atoms with Crippen LogP contribution >= 0.6 is 11.8 Å². The van der Waals surface area contributed by atoms with Crippen LogP contribution in [0.15, 0.2) is 53.5 Å². The van der Waals surface area contributed by atoms with Gasteiger partial charge in [0.2, 0.25) is 11.8 Å². The number of anilines is 1. The fourth-order valence-electron chi connectivity index (χ4n) is 3.22. The summed E-state index contributed by atoms with van der Waals surface area (Å²) in [6.45, 7) is 6.55. The standard InChI is InChI=1S/C24H27N3O4S/c1-4-14-27-23(30)21(15-22(29)25-18-8-6-17(7-9-18)16(3)28)32-24(27)26-19-10-12-20(13-11-19)31-5-2/h6-13,21H,4-5,14-15H2,1-3H3,(H,25,29). The van der Waals surface area contributed by atoms with E-state index in [1.54, 1.807) is 29.2 Å². The van der Waals surface area contributed by atoms with Crippen molar-refractivity contribution < 1.29 is 19.1 Å². The molecule has 1 atom stereocenters. The maximum Gasteiger partial charge on any atom is 0.242 e. The van der Waals surface area contributed by atoms with Gasteiger partial charge in [0.05, 0.1) is 12.3 Å². The lowest BCUT2D eigenvalue weighted by Gasteiger charge is -2.15. The molecule has 168 valence electrons. The zero-order valence-corrected chi connectivity index (χ0v) is 19.3. The van der Waals surface area contributed by atoms with Crippen molar-refractivity contribution in [3.63, 3.8) is 0 Å². The van der Waals surface area contributed by atoms with Gasteiger partial charge >= 0.3 is 0 Å². The first kappa shape index (κ1) is 23.5. The first-order chi connectivity index (χ1) is 15.4. The Kier molecular flexibility index (Phi) is 8.05. The molecule has 0 radical (unpaired) electrons. The summed E-state index contributed by atoms with van der Waals surface area (Å²) in [7, 11) is 0. The molecule has 0 aliphatic carbocycles. The second-order valence-corrected chi connectivity index (χ2v) is 8.47. The van der Waals surface area contributed by atoms with Crippen LogP contribution < -0.4 is 10.1 Å². The molecule has 0 bridgehead atoms. The first-order valence-corrected chi connectivity index (χ1v) is 11.5. The zero-order chi connectivity index (χ0) is 23.1. The number of amidine groups is 1. The van der Waals surface area contributed by atoms with E-state index in [2.05, 4.69) is 10.3 Å². The van der Waals surface area contributed by atoms with Crippen LogP contribution in [0, 0.1) is 0 Å². The predicted octanol–water partition coefficient (Wildman–Crippen LogP) is 4.66. The second-order valence-electron chi connectivity index (χ2n) is 7.30. The third kappa shape index (κ3) is 5.97. The molecule has 2 aromatic carbocycles. The molecule has 8 heteroatoms. The predicted molar refractivity (Wildman–Crippen MR) is 128 cm³/mol. The minimum Gasteiger partial charge on any atom is -0.494 e. The van der Waals surface area contributed by atoms with E-state index >= 15 is 0 Å². The van der Waals surface area contributed by atoms with E-state index in [0.29, 0.717) is 29.6 Å². The van der Waals surface area contributed by atoms with Gasteiger partial charge in [0.15, 0.2) is 11.0 Å². The fourth-order valence-corrected chi connectivity index (χ4v) is 4.40. The minimum absolute atomic E-state index is 0.0359. The highest BCUT2D eigenvalue weighted by atomic mass is 32.2. The number of ketones is 1. The molecule has 7 nitrogen and oxygen atoms in total. The SMILES string of the molecule is CCCN1C(=O)C(CC(=O)Nc2ccc(C(C)=O)cc2)SC1=Nc1ccc(OCC)cc1. The molecule has 1 saturated heterocycles. The molecular formula is C24H27N3O4S. The number of aliphatic imine (C=N–C) groups is 1. The highest BCUT2D eigenvalue weighted by Gasteiger charge is 2.38. The summed E-state index contributed by atoms with van der Waals surface area (Å²) in [6, 6.07) is 14.1. The third-order valence-electron chi connectivity index (χ3n) is 4.79. The second kappa shape index (κ2) is 10.9. The Bertz CT molecular complexity index is 1000. The quantitative estimate of drug-likeness (QED) is 0.558. The summed E-state index contributed by atoms with van der Waals surface area (Å²) >= 11 is 1.31. The molecule has 1 fully saturated rings. The van der Waals surface area contributed by atoms with Crippen LogP contribution in [0.2, 0.25) is 0 Å². The Morgan fingerprint density at radius 3 is 2.38 bits per heavy atom. The van der Waals surface area contributed by atoms with E-state index < -0.39 is 5.25 Å². The van der Waals surface area contributed by atoms with Crippen molar-refractivity contribution in [1.29, 1.82) is 0 Å². The number of amides is 2. The van der Waals surface area contributed by atoms with E-state index in [9.17, 15) is 14.4 Å². The van der Waals surface area contributed by atoms with Gasteiger partial charge in [0.25, 0.3) is 0 Å². The number of thioether (sulfide) groups is 1. The summed E-state index contributed by atoms with van der Waals surface area (Å²) in [6.07, 6.45) is 0.830. The van der Waals surface area contributed by atoms with Gasteiger partial charge in [-0.25, -0.2) is 4.99 Å². The molecule has 2 amide bonds. The van der Waals surface area contributed by atoms with E-state index in [0.717, 1.165) is 17.9 Å². The highest BCUT2D eigenvalue weighted by molar-refractivity contribution is 8.15. The van der Waals surface area contributed by atoms with Gasteiger partial charge in [-0.1, -0.05) is 18.7 Å². The number of benzene rings is 2. The number of carbonyl (C=O) groups is 3. The summed E-state index contributed by atoms with van der Waals surface area (Å²) in [5, 5.41) is 2.87. The van der Waals surface area contributed by atoms with Crippen LogP contribution in [0.25, 0.3) is 0 Å². The summed E-state index contributed by atoms with van der Waals surface area (Å²) < 4.78 is 5.46. The van der Waals surface area contributed by atoms with Crippen molar-refractivity contribution in [3.8, 4) is 5.75 Å². The van der Waals surface area contributed by atoms with Gasteiger partial charge in [-0.3, -0.25) is 19.3 Å². The molecule has 32 heavy (non-hydrogen) atoms. The lowest BCUT2D eigenvalue weighted by Crippen LogP contribution is -2.34. The van der Waals surface area contributed by atoms with Crippen LogP contribution in [0.1, 0.15) is 44.0 Å². The van der Waals surface area contributed by atoms with Crippen LogP contribution in [0.4, 0.5) is 11.4 Å². The third-order valence-corrected chi connectivity index (χ3v) is 5.96. The van der Waals surface area contributed by atoms with Crippen LogP contribution in [0.3, 0.4) is 0 Å². The Morgan fingerprint density at radius 2 is 1.78 bits per heavy atom. The largest absolute Gasteiger partial charge is 0.494 e. The molecule has 0 spiro atoms. The number of rotatable bonds is 9. The van der Waals surface area contributed by atoms with Crippen LogP contribution in [-0.2, 0) is 9.59 Å². The van der Waals surface area contributed by atoms with Crippen molar-refractivity contribution in [2.75, 3.05) is 18.5 Å². The number of hydrogen-bond acceptors (Lipinski definition) is 6. The van der Waals surface area contributed by atoms with Crippen molar-refractivity contribution in [2.45, 2.75) is 38.9 Å². The van der Waals surface area contributed by atoms with E-state index in [1.807, 2.05) is 38.1 Å². The Morgan fingerprint density at radius 1 is 1.09 bits per heavy atom. The van der Waals surface area contributed by atoms with Gasteiger partial charge < -0.3 is 10.1 Å². The Balaban J connectivity index is 1.68. The Hall–Kier alpha value is -3.13. The number of Topliss-reactive ketones (excluding diaryl/α,β-unsaturated/α-hetero) is 1. The summed E-state index contributed by atoms with van der Waals surface area (Å²) in [4.78, 5) is 43.2. The van der Waals surface area contributed by atoms with Crippen LogP contribution in [-0.4, -0.2) is 46.1 Å². The highest BCUT2D eigenvalue weighted by Crippen LogP contribution is 2.32. The van der Waals surface area contributed by atoms with E-state index in [4.69, 9.17) is 4.74 Å². The van der Waals surface area contributed by atoms with E-state index in [-0.39, 0.29) is 24.0 Å². The van der Waals surface area contributed by atoms with Gasteiger partial charge in [-0.15, -0.1) is 0 Å². The molecular weight excluding hydrogens is 426 g/mol. The fraction of sp³-hybridized carbons (Fsp3) is 0.333. The number of carbonyl (C=O) groups excluding carboxylic acids is 3. The van der Waals surface area contributed by atoms with Crippen LogP contribution in [0.5, 0.6) is 5.75 Å². The zero-order valence-electron chi connectivity index (χ0n) is 18.5. The number of nitrogens with zero attached hydrogens (tertiary/aromatic N) is 2. The topological polar surface area (TPSA) is 88.1 Å². The van der Waals surface area contributed by atoms with Gasteiger partial charge in [-0.2, -0.15) is 0 Å². The maximum atomic E-state index is 12.9. The molecule has 0 saturated carbocycles. The Labute approximate surface area is 192 Å². The molecule has 1 aliphatic heterocycles. The molecule has 1 N–H and O–H groups in total. The van der Waals surface area contributed by atoms with E-state index in [1.165, 1.54) is 18.7 Å². The summed E-state index contributed by atoms with van der Waals surface area (Å²) in [5.41, 5.74) is 1.89.